The van der Waals surface area contributed by atoms with Crippen LogP contribution in [0.4, 0.5) is 15.8 Å². The molecule has 0 fully saturated rings. The van der Waals surface area contributed by atoms with Gasteiger partial charge in [0.2, 0.25) is 0 Å². The molecule has 2 aromatic rings. The van der Waals surface area contributed by atoms with Crippen LogP contribution in [0, 0.1) is 22.9 Å². The van der Waals surface area contributed by atoms with Gasteiger partial charge in [-0.05, 0) is 19.1 Å². The van der Waals surface area contributed by atoms with E-state index in [0.29, 0.717) is 18.1 Å². The molecule has 1 aromatic heterocycles. The lowest BCUT2D eigenvalue weighted by molar-refractivity contribution is -0.385. The monoisotopic (exact) mass is 262 g/mol. The van der Waals surface area contributed by atoms with E-state index in [-0.39, 0.29) is 11.4 Å². The minimum Gasteiger partial charge on any atom is -0.377 e. The number of hydrogen-bond donors (Lipinski definition) is 1. The first-order chi connectivity index (χ1) is 9.06. The van der Waals surface area contributed by atoms with E-state index in [1.54, 1.807) is 19.2 Å². The molecule has 0 saturated heterocycles. The van der Waals surface area contributed by atoms with Crippen molar-refractivity contribution in [2.75, 3.05) is 5.32 Å². The number of nitro groups is 1. The fourth-order valence-corrected chi connectivity index (χ4v) is 1.55. The molecule has 0 saturated carbocycles. The van der Waals surface area contributed by atoms with Crippen molar-refractivity contribution in [2.24, 2.45) is 0 Å². The van der Waals surface area contributed by atoms with Gasteiger partial charge in [0.15, 0.2) is 5.82 Å². The lowest BCUT2D eigenvalue weighted by atomic mass is 10.2. The Balaban J connectivity index is 2.10. The van der Waals surface area contributed by atoms with E-state index in [9.17, 15) is 14.5 Å². The Morgan fingerprint density at radius 3 is 2.84 bits per heavy atom. The Morgan fingerprint density at radius 2 is 2.21 bits per heavy atom. The highest BCUT2D eigenvalue weighted by Crippen LogP contribution is 2.20. The Kier molecular flexibility index (Phi) is 3.65. The van der Waals surface area contributed by atoms with Crippen molar-refractivity contribution in [3.8, 4) is 0 Å². The number of aromatic nitrogens is 2. The molecule has 0 aliphatic heterocycles. The Hall–Kier alpha value is -2.57. The summed E-state index contributed by atoms with van der Waals surface area (Å²) >= 11 is 0. The fourth-order valence-electron chi connectivity index (χ4n) is 1.55. The first kappa shape index (κ1) is 12.9. The van der Waals surface area contributed by atoms with Crippen LogP contribution in [-0.4, -0.2) is 14.9 Å². The lowest BCUT2D eigenvalue weighted by Gasteiger charge is -2.07. The maximum absolute atomic E-state index is 13.6. The zero-order chi connectivity index (χ0) is 13.8. The van der Waals surface area contributed by atoms with Gasteiger partial charge in [0.05, 0.1) is 28.9 Å². The second-order valence-electron chi connectivity index (χ2n) is 3.87. The summed E-state index contributed by atoms with van der Waals surface area (Å²) in [6.07, 6.45) is 1.62. The summed E-state index contributed by atoms with van der Waals surface area (Å²) in [6, 6.07) is 5.18. The normalized spacial score (nSPS) is 10.2. The molecular weight excluding hydrogens is 251 g/mol. The predicted octanol–water partition coefficient (Wildman–Crippen LogP) is 2.44. The summed E-state index contributed by atoms with van der Waals surface area (Å²) in [4.78, 5) is 18.0. The molecule has 6 nitrogen and oxygen atoms in total. The molecule has 0 aliphatic carbocycles. The van der Waals surface area contributed by atoms with Crippen molar-refractivity contribution in [1.82, 2.24) is 9.97 Å². The Labute approximate surface area is 108 Å². The minimum atomic E-state index is -0.667. The number of rotatable bonds is 4. The van der Waals surface area contributed by atoms with E-state index >= 15 is 0 Å². The first-order valence-electron chi connectivity index (χ1n) is 5.52. The molecule has 0 unspecified atom stereocenters. The maximum Gasteiger partial charge on any atom is 0.272 e. The van der Waals surface area contributed by atoms with E-state index in [1.165, 1.54) is 12.1 Å². The summed E-state index contributed by atoms with van der Waals surface area (Å²) in [7, 11) is 0. The molecule has 1 aromatic carbocycles. The van der Waals surface area contributed by atoms with Crippen LogP contribution < -0.4 is 5.32 Å². The molecule has 7 heteroatoms. The average molecular weight is 262 g/mol. The Bertz CT molecular complexity index is 618. The van der Waals surface area contributed by atoms with Crippen LogP contribution in [0.2, 0.25) is 0 Å². The number of non-ortho nitro benzene ring substituents is 1. The van der Waals surface area contributed by atoms with Crippen molar-refractivity contribution < 1.29 is 9.31 Å². The number of benzene rings is 1. The number of halogens is 1. The van der Waals surface area contributed by atoms with Crippen LogP contribution in [0.15, 0.2) is 30.5 Å². The largest absolute Gasteiger partial charge is 0.377 e. The van der Waals surface area contributed by atoms with Gasteiger partial charge in [-0.25, -0.2) is 14.4 Å². The topological polar surface area (TPSA) is 81.0 Å². The standard InChI is InChI=1S/C12H11FN4O2/c1-8-14-5-4-9(16-8)7-15-12-3-2-10(17(18)19)6-11(12)13/h2-6,15H,7H2,1H3. The second-order valence-corrected chi connectivity index (χ2v) is 3.87. The van der Waals surface area contributed by atoms with Gasteiger partial charge < -0.3 is 5.32 Å². The van der Waals surface area contributed by atoms with E-state index in [0.717, 1.165) is 6.07 Å². The van der Waals surface area contributed by atoms with Gasteiger partial charge in [0.25, 0.3) is 5.69 Å². The minimum absolute atomic E-state index is 0.196. The molecule has 0 bridgehead atoms. The van der Waals surface area contributed by atoms with Gasteiger partial charge in [0, 0.05) is 12.3 Å². The molecule has 0 radical (unpaired) electrons. The SMILES string of the molecule is Cc1nccc(CNc2ccc([N+](=O)[O-])cc2F)n1. The molecule has 1 heterocycles. The quantitative estimate of drug-likeness (QED) is 0.676. The number of nitrogens with one attached hydrogen (secondary N) is 1. The molecule has 98 valence electrons. The number of nitro benzene ring substituents is 1. The van der Waals surface area contributed by atoms with Gasteiger partial charge in [0.1, 0.15) is 5.82 Å². The Morgan fingerprint density at radius 1 is 1.42 bits per heavy atom. The van der Waals surface area contributed by atoms with Gasteiger partial charge in [-0.15, -0.1) is 0 Å². The predicted molar refractivity (Wildman–Crippen MR) is 67.2 cm³/mol. The fraction of sp³-hybridized carbons (Fsp3) is 0.167. The van der Waals surface area contributed by atoms with Gasteiger partial charge in [-0.1, -0.05) is 0 Å². The summed E-state index contributed by atoms with van der Waals surface area (Å²) in [5.41, 5.74) is 0.632. The molecule has 1 N–H and O–H groups in total. The number of anilines is 1. The van der Waals surface area contributed by atoms with Crippen LogP contribution in [-0.2, 0) is 6.54 Å². The smallest absolute Gasteiger partial charge is 0.272 e. The first-order valence-corrected chi connectivity index (χ1v) is 5.52. The number of aryl methyl sites for hydroxylation is 1. The third-order valence-corrected chi connectivity index (χ3v) is 2.46. The van der Waals surface area contributed by atoms with Crippen LogP contribution in [0.5, 0.6) is 0 Å². The van der Waals surface area contributed by atoms with Gasteiger partial charge in [-0.3, -0.25) is 10.1 Å². The van der Waals surface area contributed by atoms with Crippen molar-refractivity contribution in [3.63, 3.8) is 0 Å². The summed E-state index contributed by atoms with van der Waals surface area (Å²) in [6.45, 7) is 2.08. The van der Waals surface area contributed by atoms with E-state index < -0.39 is 10.7 Å². The third kappa shape index (κ3) is 3.21. The lowest BCUT2D eigenvalue weighted by Crippen LogP contribution is -2.04. The van der Waals surface area contributed by atoms with Gasteiger partial charge >= 0.3 is 0 Å². The van der Waals surface area contributed by atoms with Crippen LogP contribution in [0.1, 0.15) is 11.5 Å². The van der Waals surface area contributed by atoms with Crippen molar-refractivity contribution in [2.45, 2.75) is 13.5 Å². The highest BCUT2D eigenvalue weighted by Gasteiger charge is 2.10. The molecular formula is C12H11FN4O2. The molecule has 0 atom stereocenters. The number of hydrogen-bond acceptors (Lipinski definition) is 5. The van der Waals surface area contributed by atoms with E-state index in [2.05, 4.69) is 15.3 Å². The number of nitrogens with zero attached hydrogens (tertiary/aromatic N) is 3. The molecule has 2 rings (SSSR count). The van der Waals surface area contributed by atoms with Crippen LogP contribution >= 0.6 is 0 Å². The van der Waals surface area contributed by atoms with Gasteiger partial charge in [-0.2, -0.15) is 0 Å². The van der Waals surface area contributed by atoms with Crippen LogP contribution in [0.3, 0.4) is 0 Å². The van der Waals surface area contributed by atoms with E-state index in [4.69, 9.17) is 0 Å². The third-order valence-electron chi connectivity index (χ3n) is 2.46. The summed E-state index contributed by atoms with van der Waals surface area (Å²) in [5.74, 6) is -0.0385. The van der Waals surface area contributed by atoms with E-state index in [1.807, 2.05) is 0 Å². The molecule has 0 amide bonds. The molecule has 19 heavy (non-hydrogen) atoms. The average Bonchev–Trinajstić information content (AvgIpc) is 2.37. The summed E-state index contributed by atoms with van der Waals surface area (Å²) < 4.78 is 13.6. The highest BCUT2D eigenvalue weighted by atomic mass is 19.1. The molecule has 0 spiro atoms. The van der Waals surface area contributed by atoms with Crippen molar-refractivity contribution in [1.29, 1.82) is 0 Å². The highest BCUT2D eigenvalue weighted by molar-refractivity contribution is 5.50. The summed E-state index contributed by atoms with van der Waals surface area (Å²) in [5, 5.41) is 13.3. The zero-order valence-corrected chi connectivity index (χ0v) is 10.1. The van der Waals surface area contributed by atoms with Crippen LogP contribution in [0.25, 0.3) is 0 Å². The zero-order valence-electron chi connectivity index (χ0n) is 10.1. The van der Waals surface area contributed by atoms with Crippen molar-refractivity contribution in [3.05, 3.63) is 57.9 Å². The van der Waals surface area contributed by atoms with Crippen molar-refractivity contribution >= 4 is 11.4 Å². The maximum atomic E-state index is 13.6. The molecule has 0 aliphatic rings. The second kappa shape index (κ2) is 5.38.